The van der Waals surface area contributed by atoms with Crippen LogP contribution >= 0.6 is 0 Å². The van der Waals surface area contributed by atoms with Crippen molar-refractivity contribution in [3.05, 3.63) is 12.2 Å². The van der Waals surface area contributed by atoms with E-state index in [-0.39, 0.29) is 24.5 Å². The Bertz CT molecular complexity index is 663. The van der Waals surface area contributed by atoms with Crippen molar-refractivity contribution >= 4 is 17.8 Å². The number of aliphatic carboxylic acids is 1. The Morgan fingerprint density at radius 3 is 1.60 bits per heavy atom. The van der Waals surface area contributed by atoms with Crippen molar-refractivity contribution in [1.29, 1.82) is 0 Å². The third kappa shape index (κ3) is 31.1. The molecule has 1 atom stereocenters. The normalized spacial score (nSPS) is 12.0. The highest BCUT2D eigenvalue weighted by atomic mass is 16.5. The summed E-state index contributed by atoms with van der Waals surface area (Å²) in [5.41, 5.74) is 0. The summed E-state index contributed by atoms with van der Waals surface area (Å²) in [5.74, 6) is -1.32. The second-order valence-corrected chi connectivity index (χ2v) is 12.1. The van der Waals surface area contributed by atoms with Crippen molar-refractivity contribution in [3.63, 3.8) is 0 Å². The van der Waals surface area contributed by atoms with Crippen LogP contribution in [-0.4, -0.2) is 35.6 Å². The largest absolute Gasteiger partial charge is 0.480 e. The minimum Gasteiger partial charge on any atom is -0.480 e. The Kier molecular flexibility index (Phi) is 30.7. The Morgan fingerprint density at radius 2 is 1.07 bits per heavy atom. The fraction of sp³-hybridized carbons (Fsp3) is 0.861. The predicted molar refractivity (Wildman–Crippen MR) is 176 cm³/mol. The van der Waals surface area contributed by atoms with Gasteiger partial charge < -0.3 is 15.2 Å². The number of unbranched alkanes of at least 4 members (excludes halogenated alkanes) is 21. The first-order valence-electron chi connectivity index (χ1n) is 17.8. The maximum atomic E-state index is 12.6. The van der Waals surface area contributed by atoms with E-state index in [4.69, 9.17) is 9.84 Å². The van der Waals surface area contributed by atoms with Gasteiger partial charge in [0, 0.05) is 12.8 Å². The van der Waals surface area contributed by atoms with Crippen LogP contribution in [0.4, 0.5) is 0 Å². The summed E-state index contributed by atoms with van der Waals surface area (Å²) in [6, 6.07) is 0. The summed E-state index contributed by atoms with van der Waals surface area (Å²) in [4.78, 5) is 34.8. The first-order chi connectivity index (χ1) is 20.5. The van der Waals surface area contributed by atoms with Crippen molar-refractivity contribution in [2.45, 2.75) is 193 Å². The van der Waals surface area contributed by atoms with Crippen LogP contribution in [0.25, 0.3) is 0 Å². The first kappa shape index (κ1) is 40.1. The van der Waals surface area contributed by atoms with Crippen molar-refractivity contribution < 1.29 is 24.2 Å². The van der Waals surface area contributed by atoms with Crippen LogP contribution in [0.2, 0.25) is 0 Å². The zero-order valence-corrected chi connectivity index (χ0v) is 27.6. The van der Waals surface area contributed by atoms with Gasteiger partial charge in [0.25, 0.3) is 0 Å². The zero-order chi connectivity index (χ0) is 30.9. The van der Waals surface area contributed by atoms with Crippen molar-refractivity contribution in [1.82, 2.24) is 5.32 Å². The summed E-state index contributed by atoms with van der Waals surface area (Å²) in [5, 5.41) is 11.0. The molecule has 42 heavy (non-hydrogen) atoms. The number of carbonyl (C=O) groups is 3. The number of amides is 1. The molecule has 0 spiro atoms. The van der Waals surface area contributed by atoms with Crippen molar-refractivity contribution in [2.24, 2.45) is 0 Å². The van der Waals surface area contributed by atoms with Crippen LogP contribution < -0.4 is 5.32 Å². The number of ether oxygens (including phenoxy) is 1. The number of rotatable bonds is 32. The molecule has 0 bridgehead atoms. The highest BCUT2D eigenvalue weighted by Gasteiger charge is 2.12. The van der Waals surface area contributed by atoms with E-state index in [1.807, 2.05) is 0 Å². The van der Waals surface area contributed by atoms with E-state index in [2.05, 4.69) is 31.3 Å². The zero-order valence-electron chi connectivity index (χ0n) is 27.6. The molecule has 0 aliphatic heterocycles. The molecule has 0 radical (unpaired) electrons. The second kappa shape index (κ2) is 32.1. The molecule has 0 aromatic heterocycles. The lowest BCUT2D eigenvalue weighted by molar-refractivity contribution is -0.147. The van der Waals surface area contributed by atoms with Gasteiger partial charge in [-0.05, 0) is 44.6 Å². The molecule has 0 heterocycles. The lowest BCUT2D eigenvalue weighted by Gasteiger charge is -2.15. The summed E-state index contributed by atoms with van der Waals surface area (Å²) in [6.07, 6.45) is 34.8. The molecule has 246 valence electrons. The van der Waals surface area contributed by atoms with Crippen molar-refractivity contribution in [2.75, 3.05) is 6.54 Å². The highest BCUT2D eigenvalue weighted by molar-refractivity contribution is 5.80. The molecule has 0 rings (SSSR count). The molecule has 6 nitrogen and oxygen atoms in total. The van der Waals surface area contributed by atoms with Gasteiger partial charge in [0.15, 0.2) is 0 Å². The molecule has 0 saturated carbocycles. The van der Waals surface area contributed by atoms with E-state index in [0.29, 0.717) is 12.8 Å². The molecule has 0 aliphatic carbocycles. The average Bonchev–Trinajstić information content (AvgIpc) is 2.97. The van der Waals surface area contributed by atoms with Gasteiger partial charge in [-0.25, -0.2) is 0 Å². The Balaban J connectivity index is 4.14. The number of carbonyl (C=O) groups excluding carboxylic acids is 2. The topological polar surface area (TPSA) is 92.7 Å². The molecule has 0 aliphatic rings. The Labute approximate surface area is 259 Å². The number of carboxylic acids is 1. The van der Waals surface area contributed by atoms with Crippen LogP contribution in [0.3, 0.4) is 0 Å². The Hall–Kier alpha value is -1.85. The SMILES string of the molecule is CCCCCCCC/C=C\C(CCCCCCC(=O)NCC(=O)O)OC(=O)CCCCCCCCCCCCCCC. The van der Waals surface area contributed by atoms with E-state index in [9.17, 15) is 14.4 Å². The maximum Gasteiger partial charge on any atom is 0.322 e. The van der Waals surface area contributed by atoms with Gasteiger partial charge in [-0.15, -0.1) is 0 Å². The van der Waals surface area contributed by atoms with E-state index in [1.165, 1.54) is 109 Å². The smallest absolute Gasteiger partial charge is 0.322 e. The lowest BCUT2D eigenvalue weighted by Crippen LogP contribution is -2.28. The van der Waals surface area contributed by atoms with E-state index >= 15 is 0 Å². The fourth-order valence-corrected chi connectivity index (χ4v) is 5.25. The van der Waals surface area contributed by atoms with E-state index in [1.54, 1.807) is 0 Å². The average molecular weight is 594 g/mol. The number of esters is 1. The van der Waals surface area contributed by atoms with Crippen LogP contribution in [0.5, 0.6) is 0 Å². The van der Waals surface area contributed by atoms with Crippen LogP contribution in [-0.2, 0) is 19.1 Å². The van der Waals surface area contributed by atoms with Gasteiger partial charge in [-0.3, -0.25) is 14.4 Å². The van der Waals surface area contributed by atoms with E-state index in [0.717, 1.165) is 51.4 Å². The number of allylic oxidation sites excluding steroid dienone is 1. The molecule has 2 N–H and O–H groups in total. The summed E-state index contributed by atoms with van der Waals surface area (Å²) in [7, 11) is 0. The molecule has 0 saturated heterocycles. The molecular weight excluding hydrogens is 526 g/mol. The maximum absolute atomic E-state index is 12.6. The van der Waals surface area contributed by atoms with Gasteiger partial charge in [0.2, 0.25) is 5.91 Å². The number of nitrogens with one attached hydrogen (secondary N) is 1. The summed E-state index contributed by atoms with van der Waals surface area (Å²) < 4.78 is 5.87. The molecule has 0 fully saturated rings. The Morgan fingerprint density at radius 1 is 0.619 bits per heavy atom. The summed E-state index contributed by atoms with van der Waals surface area (Å²) >= 11 is 0. The monoisotopic (exact) mass is 594 g/mol. The molecule has 0 aromatic carbocycles. The third-order valence-corrected chi connectivity index (χ3v) is 7.92. The standard InChI is InChI=1S/C36H67NO5/c1-3-5-7-9-11-13-14-15-16-17-19-21-27-31-36(41)42-33(28-24-20-18-12-10-8-6-4-2)29-25-22-23-26-30-34(38)37-32-35(39)40/h24,28,33H,3-23,25-27,29-32H2,1-2H3,(H,37,38)(H,39,40)/b28-24-. The van der Waals surface area contributed by atoms with E-state index < -0.39 is 5.97 Å². The summed E-state index contributed by atoms with van der Waals surface area (Å²) in [6.45, 7) is 4.18. The van der Waals surface area contributed by atoms with Gasteiger partial charge in [-0.2, -0.15) is 0 Å². The third-order valence-electron chi connectivity index (χ3n) is 7.92. The van der Waals surface area contributed by atoms with Gasteiger partial charge in [-0.1, -0.05) is 142 Å². The first-order valence-corrected chi connectivity index (χ1v) is 17.8. The minimum atomic E-state index is -1.03. The lowest BCUT2D eigenvalue weighted by atomic mass is 10.0. The molecule has 0 aromatic rings. The number of hydrogen-bond acceptors (Lipinski definition) is 4. The molecule has 6 heteroatoms. The van der Waals surface area contributed by atoms with Gasteiger partial charge >= 0.3 is 11.9 Å². The van der Waals surface area contributed by atoms with Crippen LogP contribution in [0.1, 0.15) is 187 Å². The molecular formula is C36H67NO5. The number of carboxylic acid groups (broad SMARTS) is 1. The molecule has 1 amide bonds. The van der Waals surface area contributed by atoms with Crippen LogP contribution in [0.15, 0.2) is 12.2 Å². The fourth-order valence-electron chi connectivity index (χ4n) is 5.25. The molecule has 1 unspecified atom stereocenters. The highest BCUT2D eigenvalue weighted by Crippen LogP contribution is 2.16. The minimum absolute atomic E-state index is 0.0811. The number of hydrogen-bond donors (Lipinski definition) is 2. The quantitative estimate of drug-likeness (QED) is 0.0460. The second-order valence-electron chi connectivity index (χ2n) is 12.1. The van der Waals surface area contributed by atoms with Gasteiger partial charge in [0.05, 0.1) is 0 Å². The van der Waals surface area contributed by atoms with Gasteiger partial charge in [0.1, 0.15) is 12.6 Å². The van der Waals surface area contributed by atoms with Crippen molar-refractivity contribution in [3.8, 4) is 0 Å². The predicted octanol–water partition coefficient (Wildman–Crippen LogP) is 10.2. The van der Waals surface area contributed by atoms with Crippen LogP contribution in [0, 0.1) is 0 Å².